The SMILES string of the molecule is CC(C)C[C@H](NC(=O)[C@H](CCCCN)NC(=O)[C@H](Cc1ccccc1)NC(=O)[C@H](Cc1ccccc1)NC(=O)[C@H](CO)NC(=O)[C@H](CCCCN)NC(=O)[C@H](CCCN=C(N)N)NC(=O)[C@@H](NC(=O)[C@H](CCCCN)NC(=O)[C@@H](N)Cc1c[nH]c2ccccc12)C(C)C)C(=O)N[C@@H](CCC(N)=O)C(=O)NCC(=O)O. The molecule has 4 rings (SSSR count). The van der Waals surface area contributed by atoms with Crippen LogP contribution < -0.4 is 98.6 Å². The van der Waals surface area contributed by atoms with Crippen molar-refractivity contribution >= 4 is 93.7 Å². The van der Waals surface area contributed by atoms with Gasteiger partial charge in [-0.25, -0.2) is 0 Å². The van der Waals surface area contributed by atoms with Crippen molar-refractivity contribution in [3.8, 4) is 0 Å². The van der Waals surface area contributed by atoms with Gasteiger partial charge in [-0.05, 0) is 144 Å². The quantitative estimate of drug-likeness (QED) is 0.0119. The van der Waals surface area contributed by atoms with E-state index >= 15 is 0 Å². The predicted octanol–water partition coefficient (Wildman–Crippen LogP) is -3.03. The highest BCUT2D eigenvalue weighted by Crippen LogP contribution is 2.20. The number of aliphatic carboxylic acids is 1. The number of aromatic nitrogens is 1. The van der Waals surface area contributed by atoms with Gasteiger partial charge in [-0.1, -0.05) is 107 Å². The van der Waals surface area contributed by atoms with E-state index in [1.54, 1.807) is 94.6 Å². The number of hydrogen-bond donors (Lipinski definition) is 21. The molecule has 0 aliphatic carbocycles. The summed E-state index contributed by atoms with van der Waals surface area (Å²) in [4.78, 5) is 188. The molecule has 0 fully saturated rings. The maximum absolute atomic E-state index is 14.9. The lowest BCUT2D eigenvalue weighted by Gasteiger charge is -2.29. The number of H-pyrrole nitrogens is 1. The molecular weight excluding hydrogens is 1410 g/mol. The lowest BCUT2D eigenvalue weighted by Crippen LogP contribution is -2.62. The second-order valence-corrected chi connectivity index (χ2v) is 27.6. The van der Waals surface area contributed by atoms with Gasteiger partial charge in [0.2, 0.25) is 70.9 Å². The number of amides is 12. The van der Waals surface area contributed by atoms with Gasteiger partial charge in [0.1, 0.15) is 67.0 Å². The zero-order valence-corrected chi connectivity index (χ0v) is 62.6. The van der Waals surface area contributed by atoms with E-state index in [0.717, 1.165) is 16.5 Å². The van der Waals surface area contributed by atoms with Gasteiger partial charge in [0.15, 0.2) is 5.96 Å². The van der Waals surface area contributed by atoms with Crippen LogP contribution in [0.15, 0.2) is 96.1 Å². The Bertz CT molecular complexity index is 3630. The molecule has 0 spiro atoms. The number of guanidine groups is 1. The molecule has 0 radical (unpaired) electrons. The van der Waals surface area contributed by atoms with Crippen LogP contribution in [0.1, 0.15) is 134 Å². The third kappa shape index (κ3) is 33.2. The maximum Gasteiger partial charge on any atom is 0.322 e. The number of nitrogens with zero attached hydrogens (tertiary/aromatic N) is 1. The molecule has 0 aliphatic heterocycles. The van der Waals surface area contributed by atoms with Gasteiger partial charge in [-0.2, -0.15) is 0 Å². The zero-order valence-electron chi connectivity index (χ0n) is 62.6. The van der Waals surface area contributed by atoms with Crippen LogP contribution in [0, 0.1) is 11.8 Å². The lowest BCUT2D eigenvalue weighted by molar-refractivity contribution is -0.139. The molecule has 35 heteroatoms. The molecule has 35 nitrogen and oxygen atoms in total. The Hall–Kier alpha value is -10.6. The molecule has 3 aromatic carbocycles. The summed E-state index contributed by atoms with van der Waals surface area (Å²) in [5.74, 6) is -12.9. The van der Waals surface area contributed by atoms with Crippen molar-refractivity contribution in [3.05, 3.63) is 108 Å². The number of rotatable bonds is 52. The average Bonchev–Trinajstić information content (AvgIpc) is 1.79. The molecule has 0 saturated heterocycles. The first-order valence-corrected chi connectivity index (χ1v) is 37.0. The Morgan fingerprint density at radius 3 is 1.28 bits per heavy atom. The van der Waals surface area contributed by atoms with Gasteiger partial charge in [0.25, 0.3) is 0 Å². The summed E-state index contributed by atoms with van der Waals surface area (Å²) in [6, 6.07) is 8.95. The third-order valence-electron chi connectivity index (χ3n) is 17.7. The molecule has 0 saturated carbocycles. The van der Waals surface area contributed by atoms with Gasteiger partial charge in [-0.3, -0.25) is 67.3 Å². The highest BCUT2D eigenvalue weighted by atomic mass is 16.4. The van der Waals surface area contributed by atoms with E-state index in [0.29, 0.717) is 43.4 Å². The van der Waals surface area contributed by atoms with Crippen molar-refractivity contribution in [3.63, 3.8) is 0 Å². The van der Waals surface area contributed by atoms with E-state index in [-0.39, 0.29) is 115 Å². The third-order valence-corrected chi connectivity index (χ3v) is 17.7. The number of aliphatic imine (C=N–C) groups is 1. The van der Waals surface area contributed by atoms with Crippen LogP contribution in [0.5, 0.6) is 0 Å². The Morgan fingerprint density at radius 2 is 0.835 bits per heavy atom. The number of benzene rings is 3. The number of nitrogens with one attached hydrogen (secondary N) is 12. The molecule has 0 bridgehead atoms. The number of aromatic amines is 1. The number of carboxylic acids is 1. The lowest BCUT2D eigenvalue weighted by atomic mass is 10.00. The Morgan fingerprint density at radius 1 is 0.440 bits per heavy atom. The van der Waals surface area contributed by atoms with Gasteiger partial charge in [0.05, 0.1) is 12.6 Å². The second kappa shape index (κ2) is 48.6. The minimum atomic E-state index is -1.80. The molecule has 600 valence electrons. The summed E-state index contributed by atoms with van der Waals surface area (Å²) in [5.41, 5.74) is 43.2. The number of aliphatic hydroxyl groups is 1. The number of carbonyl (C=O) groups excluding carboxylic acids is 12. The van der Waals surface area contributed by atoms with Gasteiger partial charge in [-0.15, -0.1) is 0 Å². The summed E-state index contributed by atoms with van der Waals surface area (Å²) >= 11 is 0. The van der Waals surface area contributed by atoms with E-state index < -0.39 is 162 Å². The Kier molecular flexibility index (Phi) is 40.5. The van der Waals surface area contributed by atoms with E-state index in [1.165, 1.54) is 0 Å². The minimum absolute atomic E-state index is 0.000786. The molecule has 4 aromatic rings. The van der Waals surface area contributed by atoms with Crippen molar-refractivity contribution in [2.45, 2.75) is 203 Å². The number of carbonyl (C=O) groups is 13. The Labute approximate surface area is 634 Å². The highest BCUT2D eigenvalue weighted by Gasteiger charge is 2.38. The summed E-state index contributed by atoms with van der Waals surface area (Å²) in [7, 11) is 0. The van der Waals surface area contributed by atoms with Gasteiger partial charge < -0.3 is 114 Å². The summed E-state index contributed by atoms with van der Waals surface area (Å²) < 4.78 is 0. The van der Waals surface area contributed by atoms with Gasteiger partial charge in [0, 0.05) is 42.9 Å². The molecule has 11 atom stereocenters. The molecule has 12 amide bonds. The summed E-state index contributed by atoms with van der Waals surface area (Å²) in [6.07, 6.45) is 3.07. The molecule has 0 aliphatic rings. The van der Waals surface area contributed by atoms with Gasteiger partial charge >= 0.3 is 5.97 Å². The number of para-hydroxylation sites is 1. The molecular formula is C74H114N20O15. The van der Waals surface area contributed by atoms with Crippen LogP contribution >= 0.6 is 0 Å². The normalized spacial score (nSPS) is 14.2. The number of unbranched alkanes of at least 4 members (excludes halogenated alkanes) is 3. The minimum Gasteiger partial charge on any atom is -0.480 e. The standard InChI is InChI=1S/C74H114N20O15/c1-43(2)36-56(69(105)88-55(30-31-60(79)96)64(100)84-41-61(97)98)90-66(102)51(26-13-16-32-75)87-70(106)57(37-45-20-7-5-8-21-45)91-71(107)58(38-46-22-9-6-10-23-46)92-72(108)59(42-95)93-67(103)52(27-14-17-33-76)86-65(101)54(29-19-35-82-74(80)81)89-73(109)62(44(3)4)94-68(104)53(28-15-18-34-77)85-63(99)49(78)39-47-40-83-50-25-12-11-24-48(47)50/h5-12,20-25,40,43-44,49,51-59,62,83,95H,13-19,26-39,41-42,75-78H2,1-4H3,(H2,79,96)(H,84,100)(H,85,99)(H,86,101)(H,87,106)(H,88,105)(H,89,109)(H,90,102)(H,91,107)(H,92,108)(H,93,103)(H,94,104)(H,97,98)(H4,80,81,82)/t49-,51-,52-,53-,54-,55-,56-,57-,58-,59-,62-/m0/s1. The highest BCUT2D eigenvalue weighted by molar-refractivity contribution is 6.00. The molecule has 1 aromatic heterocycles. The number of nitrogens with two attached hydrogens (primary N) is 7. The maximum atomic E-state index is 14.9. The van der Waals surface area contributed by atoms with Crippen LogP contribution in [0.4, 0.5) is 0 Å². The molecule has 0 unspecified atom stereocenters. The number of primary amides is 1. The number of hydrogen-bond acceptors (Lipinski definition) is 19. The van der Waals surface area contributed by atoms with Crippen LogP contribution in [0.25, 0.3) is 10.9 Å². The monoisotopic (exact) mass is 1520 g/mol. The first-order valence-electron chi connectivity index (χ1n) is 37.0. The van der Waals surface area contributed by atoms with Crippen molar-refractivity contribution in [1.29, 1.82) is 0 Å². The number of aliphatic hydroxyl groups excluding tert-OH is 1. The fraction of sp³-hybridized carbons (Fsp3) is 0.541. The Balaban J connectivity index is 1.62. The van der Waals surface area contributed by atoms with E-state index in [1.807, 2.05) is 24.3 Å². The summed E-state index contributed by atoms with van der Waals surface area (Å²) in [6.45, 7) is 5.66. The fourth-order valence-corrected chi connectivity index (χ4v) is 11.8. The zero-order chi connectivity index (χ0) is 80.5. The first kappa shape index (κ1) is 90.8. The van der Waals surface area contributed by atoms with Crippen molar-refractivity contribution < 1.29 is 72.5 Å². The summed E-state index contributed by atoms with van der Waals surface area (Å²) in [5, 5.41) is 49.7. The van der Waals surface area contributed by atoms with Crippen molar-refractivity contribution in [2.24, 2.45) is 57.0 Å². The van der Waals surface area contributed by atoms with Crippen LogP contribution in [-0.2, 0) is 81.6 Å². The van der Waals surface area contributed by atoms with Crippen LogP contribution in [0.2, 0.25) is 0 Å². The number of carboxylic acid groups (broad SMARTS) is 1. The average molecular weight is 1520 g/mol. The molecule has 1 heterocycles. The fourth-order valence-electron chi connectivity index (χ4n) is 11.8. The van der Waals surface area contributed by atoms with E-state index in [4.69, 9.17) is 40.1 Å². The predicted molar refractivity (Wildman–Crippen MR) is 409 cm³/mol. The molecule has 28 N–H and O–H groups in total. The number of fused-ring (bicyclic) bond motifs is 1. The topological polar surface area (TPSA) is 605 Å². The smallest absolute Gasteiger partial charge is 0.322 e. The second-order valence-electron chi connectivity index (χ2n) is 27.6. The van der Waals surface area contributed by atoms with E-state index in [9.17, 15) is 72.5 Å². The van der Waals surface area contributed by atoms with E-state index in [2.05, 4.69) is 68.5 Å². The molecule has 109 heavy (non-hydrogen) atoms. The van der Waals surface area contributed by atoms with Crippen molar-refractivity contribution in [2.75, 3.05) is 39.3 Å². The van der Waals surface area contributed by atoms with Crippen molar-refractivity contribution in [1.82, 2.24) is 63.5 Å². The van der Waals surface area contributed by atoms with Crippen LogP contribution in [-0.4, -0.2) is 204 Å². The van der Waals surface area contributed by atoms with Crippen LogP contribution in [0.3, 0.4) is 0 Å². The first-order chi connectivity index (χ1) is 52.0. The largest absolute Gasteiger partial charge is 0.480 e.